The average molecular weight is 253 g/mol. The molecule has 0 saturated carbocycles. The van der Waals surface area contributed by atoms with Gasteiger partial charge in [-0.15, -0.1) is 0 Å². The Morgan fingerprint density at radius 2 is 1.79 bits per heavy atom. The minimum Gasteiger partial charge on any atom is -0.497 e. The first-order chi connectivity index (χ1) is 9.17. The number of fused-ring (bicyclic) bond motifs is 1. The second kappa shape index (κ2) is 4.39. The summed E-state index contributed by atoms with van der Waals surface area (Å²) in [5, 5.41) is 0. The van der Waals surface area contributed by atoms with E-state index in [1.54, 1.807) is 7.11 Å². The molecule has 2 aromatic heterocycles. The lowest BCUT2D eigenvalue weighted by molar-refractivity contribution is 0.415. The summed E-state index contributed by atoms with van der Waals surface area (Å²) >= 11 is 0. The summed E-state index contributed by atoms with van der Waals surface area (Å²) in [7, 11) is 1.66. The maximum Gasteiger partial charge on any atom is 0.234 e. The van der Waals surface area contributed by atoms with E-state index in [-0.39, 0.29) is 0 Å². The molecule has 0 fully saturated rings. The number of hydrogen-bond acceptors (Lipinski definition) is 3. The van der Waals surface area contributed by atoms with Crippen LogP contribution in [0.25, 0.3) is 17.0 Å². The molecule has 1 aromatic carbocycles. The molecule has 0 bridgehead atoms. The van der Waals surface area contributed by atoms with Gasteiger partial charge >= 0.3 is 0 Å². The van der Waals surface area contributed by atoms with Crippen LogP contribution in [0.3, 0.4) is 0 Å². The largest absolute Gasteiger partial charge is 0.497 e. The predicted molar refractivity (Wildman–Crippen MR) is 74.4 cm³/mol. The molecule has 0 saturated heterocycles. The van der Waals surface area contributed by atoms with Crippen molar-refractivity contribution >= 4 is 5.78 Å². The number of hydrogen-bond donors (Lipinski definition) is 0. The molecular weight excluding hydrogens is 238 g/mol. The fraction of sp³-hybridized carbons (Fsp3) is 0.200. The number of ether oxygens (including phenoxy) is 1. The minimum atomic E-state index is 0.739. The molecule has 0 N–H and O–H groups in total. The molecule has 3 aromatic rings. The monoisotopic (exact) mass is 253 g/mol. The molecular formula is C15H15N3O. The summed E-state index contributed by atoms with van der Waals surface area (Å²) in [6.45, 7) is 4.04. The quantitative estimate of drug-likeness (QED) is 0.704. The van der Waals surface area contributed by atoms with E-state index in [1.165, 1.54) is 0 Å². The number of aromatic nitrogens is 3. The van der Waals surface area contributed by atoms with E-state index in [9.17, 15) is 0 Å². The van der Waals surface area contributed by atoms with E-state index >= 15 is 0 Å². The van der Waals surface area contributed by atoms with Crippen molar-refractivity contribution in [3.05, 3.63) is 47.9 Å². The number of benzene rings is 1. The Balaban J connectivity index is 2.12. The molecule has 0 spiro atoms. The van der Waals surface area contributed by atoms with Gasteiger partial charge in [0.1, 0.15) is 5.75 Å². The third kappa shape index (κ3) is 2.05. The SMILES string of the molecule is COc1ccc(-c2cn3c(C)cc(C)nc3n2)cc1. The summed E-state index contributed by atoms with van der Waals surface area (Å²) in [5.41, 5.74) is 4.10. The molecule has 0 aliphatic rings. The Kier molecular flexibility index (Phi) is 2.71. The maximum absolute atomic E-state index is 5.16. The number of rotatable bonds is 2. The first-order valence-corrected chi connectivity index (χ1v) is 6.15. The van der Waals surface area contributed by atoms with E-state index < -0.39 is 0 Å². The zero-order valence-corrected chi connectivity index (χ0v) is 11.2. The fourth-order valence-corrected chi connectivity index (χ4v) is 2.17. The second-order valence-electron chi connectivity index (χ2n) is 4.56. The van der Waals surface area contributed by atoms with Gasteiger partial charge in [-0.1, -0.05) is 0 Å². The van der Waals surface area contributed by atoms with E-state index in [1.807, 2.05) is 47.9 Å². The van der Waals surface area contributed by atoms with Crippen molar-refractivity contribution in [3.63, 3.8) is 0 Å². The Labute approximate surface area is 111 Å². The van der Waals surface area contributed by atoms with Crippen molar-refractivity contribution in [1.82, 2.24) is 14.4 Å². The third-order valence-electron chi connectivity index (χ3n) is 3.15. The van der Waals surface area contributed by atoms with Crippen molar-refractivity contribution < 1.29 is 4.74 Å². The van der Waals surface area contributed by atoms with Crippen molar-refractivity contribution in [2.45, 2.75) is 13.8 Å². The lowest BCUT2D eigenvalue weighted by Crippen LogP contribution is -1.94. The number of imidazole rings is 1. The second-order valence-corrected chi connectivity index (χ2v) is 4.56. The Bertz CT molecular complexity index is 729. The van der Waals surface area contributed by atoms with E-state index in [0.29, 0.717) is 0 Å². The van der Waals surface area contributed by atoms with Crippen molar-refractivity contribution in [2.75, 3.05) is 7.11 Å². The van der Waals surface area contributed by atoms with Crippen LogP contribution in [-0.4, -0.2) is 21.5 Å². The Morgan fingerprint density at radius 1 is 1.05 bits per heavy atom. The molecule has 4 heteroatoms. The summed E-state index contributed by atoms with van der Waals surface area (Å²) in [5.74, 6) is 1.58. The zero-order valence-electron chi connectivity index (χ0n) is 11.2. The predicted octanol–water partition coefficient (Wildman–Crippen LogP) is 3.02. The first-order valence-electron chi connectivity index (χ1n) is 6.15. The lowest BCUT2D eigenvalue weighted by atomic mass is 10.2. The van der Waals surface area contributed by atoms with Gasteiger partial charge in [-0.3, -0.25) is 4.40 Å². The molecule has 0 amide bonds. The van der Waals surface area contributed by atoms with Crippen LogP contribution in [0.15, 0.2) is 36.5 Å². The standard InChI is InChI=1S/C15H15N3O/c1-10-8-11(2)18-9-14(17-15(18)16-10)12-4-6-13(19-3)7-5-12/h4-9H,1-3H3. The van der Waals surface area contributed by atoms with E-state index in [2.05, 4.69) is 16.9 Å². The molecule has 0 aliphatic heterocycles. The molecule has 19 heavy (non-hydrogen) atoms. The number of aryl methyl sites for hydroxylation is 2. The highest BCUT2D eigenvalue weighted by Gasteiger charge is 2.07. The van der Waals surface area contributed by atoms with Crippen LogP contribution in [0.4, 0.5) is 0 Å². The molecule has 0 atom stereocenters. The Hall–Kier alpha value is -2.36. The highest BCUT2D eigenvalue weighted by molar-refractivity contribution is 5.62. The van der Waals surface area contributed by atoms with Gasteiger partial charge < -0.3 is 4.74 Å². The van der Waals surface area contributed by atoms with Gasteiger partial charge in [0.05, 0.1) is 12.8 Å². The van der Waals surface area contributed by atoms with Gasteiger partial charge in [0.2, 0.25) is 5.78 Å². The molecule has 0 aliphatic carbocycles. The van der Waals surface area contributed by atoms with Crippen LogP contribution in [-0.2, 0) is 0 Å². The summed E-state index contributed by atoms with van der Waals surface area (Å²) in [4.78, 5) is 9.01. The third-order valence-corrected chi connectivity index (χ3v) is 3.15. The minimum absolute atomic E-state index is 0.739. The molecule has 3 rings (SSSR count). The Morgan fingerprint density at radius 3 is 2.47 bits per heavy atom. The number of nitrogens with zero attached hydrogens (tertiary/aromatic N) is 3. The number of methoxy groups -OCH3 is 1. The molecule has 2 heterocycles. The van der Waals surface area contributed by atoms with Crippen molar-refractivity contribution in [3.8, 4) is 17.0 Å². The lowest BCUT2D eigenvalue weighted by Gasteiger charge is -2.00. The topological polar surface area (TPSA) is 39.4 Å². The molecule has 96 valence electrons. The molecule has 4 nitrogen and oxygen atoms in total. The van der Waals surface area contributed by atoms with E-state index in [0.717, 1.165) is 34.2 Å². The van der Waals surface area contributed by atoms with Crippen LogP contribution >= 0.6 is 0 Å². The first kappa shape index (κ1) is 11.7. The maximum atomic E-state index is 5.16. The summed E-state index contributed by atoms with van der Waals surface area (Å²) < 4.78 is 7.17. The van der Waals surface area contributed by atoms with Crippen molar-refractivity contribution in [1.29, 1.82) is 0 Å². The summed E-state index contributed by atoms with van der Waals surface area (Å²) in [6.07, 6.45) is 2.01. The normalized spacial score (nSPS) is 10.9. The van der Waals surface area contributed by atoms with Gasteiger partial charge in [0, 0.05) is 23.1 Å². The molecule has 0 radical (unpaired) electrons. The summed E-state index contributed by atoms with van der Waals surface area (Å²) in [6, 6.07) is 9.92. The average Bonchev–Trinajstić information content (AvgIpc) is 2.83. The van der Waals surface area contributed by atoms with Crippen LogP contribution in [0.2, 0.25) is 0 Å². The van der Waals surface area contributed by atoms with Crippen LogP contribution in [0, 0.1) is 13.8 Å². The highest BCUT2D eigenvalue weighted by Crippen LogP contribution is 2.22. The van der Waals surface area contributed by atoms with Gasteiger partial charge in [-0.2, -0.15) is 0 Å². The van der Waals surface area contributed by atoms with Crippen LogP contribution < -0.4 is 4.74 Å². The van der Waals surface area contributed by atoms with E-state index in [4.69, 9.17) is 4.74 Å². The van der Waals surface area contributed by atoms with Gasteiger partial charge in [0.25, 0.3) is 0 Å². The van der Waals surface area contributed by atoms with Gasteiger partial charge in [0.15, 0.2) is 0 Å². The van der Waals surface area contributed by atoms with Gasteiger partial charge in [-0.25, -0.2) is 9.97 Å². The van der Waals surface area contributed by atoms with Crippen LogP contribution in [0.5, 0.6) is 5.75 Å². The van der Waals surface area contributed by atoms with Gasteiger partial charge in [-0.05, 0) is 44.2 Å². The van der Waals surface area contributed by atoms with Crippen LogP contribution in [0.1, 0.15) is 11.4 Å². The zero-order chi connectivity index (χ0) is 13.4. The smallest absolute Gasteiger partial charge is 0.234 e. The highest BCUT2D eigenvalue weighted by atomic mass is 16.5. The fourth-order valence-electron chi connectivity index (χ4n) is 2.17. The molecule has 0 unspecified atom stereocenters. The van der Waals surface area contributed by atoms with Crippen molar-refractivity contribution in [2.24, 2.45) is 0 Å².